The number of rotatable bonds is 5. The Labute approximate surface area is 92.1 Å². The predicted molar refractivity (Wildman–Crippen MR) is 53.9 cm³/mol. The van der Waals surface area contributed by atoms with Gasteiger partial charge >= 0.3 is 5.97 Å². The molecule has 1 heterocycles. The van der Waals surface area contributed by atoms with Crippen LogP contribution in [-0.2, 0) is 9.53 Å². The summed E-state index contributed by atoms with van der Waals surface area (Å²) < 4.78 is 4.83. The molecule has 0 spiro atoms. The molecule has 1 aromatic rings. The van der Waals surface area contributed by atoms with Crippen LogP contribution in [0.15, 0.2) is 12.3 Å². The summed E-state index contributed by atoms with van der Waals surface area (Å²) in [5.41, 5.74) is 0.402. The first-order chi connectivity index (χ1) is 7.15. The van der Waals surface area contributed by atoms with E-state index in [2.05, 4.69) is 9.97 Å². The van der Waals surface area contributed by atoms with Gasteiger partial charge in [0, 0.05) is 19.9 Å². The highest BCUT2D eigenvalue weighted by molar-refractivity contribution is 6.28. The molecule has 0 aliphatic rings. The molecule has 1 aromatic heterocycles. The maximum atomic E-state index is 11.0. The summed E-state index contributed by atoms with van der Waals surface area (Å²) in [7, 11) is 1.52. The molecule has 5 nitrogen and oxygen atoms in total. The number of ether oxygens (including phenoxy) is 1. The van der Waals surface area contributed by atoms with Crippen molar-refractivity contribution in [2.75, 3.05) is 13.7 Å². The van der Waals surface area contributed by atoms with Crippen molar-refractivity contribution in [2.45, 2.75) is 12.3 Å². The van der Waals surface area contributed by atoms with Crippen molar-refractivity contribution >= 4 is 17.6 Å². The molecule has 0 fully saturated rings. The topological polar surface area (TPSA) is 72.3 Å². The van der Waals surface area contributed by atoms with Gasteiger partial charge in [-0.2, -0.15) is 0 Å². The van der Waals surface area contributed by atoms with Crippen molar-refractivity contribution in [3.8, 4) is 0 Å². The van der Waals surface area contributed by atoms with Crippen molar-refractivity contribution in [1.29, 1.82) is 0 Å². The zero-order valence-electron chi connectivity index (χ0n) is 8.18. The monoisotopic (exact) mass is 230 g/mol. The molecular formula is C9H11ClN2O3. The van der Waals surface area contributed by atoms with Gasteiger partial charge in [0.15, 0.2) is 0 Å². The summed E-state index contributed by atoms with van der Waals surface area (Å²) in [6.07, 6.45) is 1.80. The van der Waals surface area contributed by atoms with E-state index >= 15 is 0 Å². The minimum atomic E-state index is -0.943. The summed E-state index contributed by atoms with van der Waals surface area (Å²) in [4.78, 5) is 18.5. The van der Waals surface area contributed by atoms with Crippen LogP contribution in [0.3, 0.4) is 0 Å². The normalized spacial score (nSPS) is 12.4. The first-order valence-electron chi connectivity index (χ1n) is 4.35. The summed E-state index contributed by atoms with van der Waals surface area (Å²) in [6.45, 7) is 0.360. The quantitative estimate of drug-likeness (QED) is 0.773. The van der Waals surface area contributed by atoms with Crippen LogP contribution in [0.4, 0.5) is 0 Å². The Morgan fingerprint density at radius 1 is 1.73 bits per heavy atom. The molecule has 1 N–H and O–H groups in total. The van der Waals surface area contributed by atoms with Crippen LogP contribution in [-0.4, -0.2) is 34.8 Å². The molecule has 0 saturated carbocycles. The number of nitrogens with zero attached hydrogens (tertiary/aromatic N) is 2. The van der Waals surface area contributed by atoms with E-state index < -0.39 is 11.9 Å². The number of carboxylic acids is 1. The third-order valence-electron chi connectivity index (χ3n) is 1.91. The molecule has 0 saturated heterocycles. The first-order valence-corrected chi connectivity index (χ1v) is 4.73. The van der Waals surface area contributed by atoms with Crippen molar-refractivity contribution in [1.82, 2.24) is 9.97 Å². The Morgan fingerprint density at radius 2 is 2.47 bits per heavy atom. The average Bonchev–Trinajstić information content (AvgIpc) is 2.18. The number of hydrogen-bond acceptors (Lipinski definition) is 4. The van der Waals surface area contributed by atoms with Crippen LogP contribution in [0, 0.1) is 0 Å². The van der Waals surface area contributed by atoms with Gasteiger partial charge in [-0.15, -0.1) is 0 Å². The lowest BCUT2D eigenvalue weighted by Gasteiger charge is -2.10. The molecule has 82 valence electrons. The third-order valence-corrected chi connectivity index (χ3v) is 2.10. The number of aliphatic carboxylic acids is 1. The molecule has 15 heavy (non-hydrogen) atoms. The van der Waals surface area contributed by atoms with Gasteiger partial charge in [-0.1, -0.05) is 0 Å². The Hall–Kier alpha value is -1.20. The lowest BCUT2D eigenvalue weighted by atomic mass is 10.0. The zero-order valence-corrected chi connectivity index (χ0v) is 8.94. The van der Waals surface area contributed by atoms with Crippen LogP contribution < -0.4 is 0 Å². The highest BCUT2D eigenvalue weighted by atomic mass is 35.5. The largest absolute Gasteiger partial charge is 0.481 e. The second kappa shape index (κ2) is 5.63. The van der Waals surface area contributed by atoms with E-state index in [4.69, 9.17) is 21.4 Å². The first kappa shape index (κ1) is 11.9. The molecule has 1 atom stereocenters. The number of methoxy groups -OCH3 is 1. The number of aromatic nitrogens is 2. The number of halogens is 1. The fraction of sp³-hybridized carbons (Fsp3) is 0.444. The lowest BCUT2D eigenvalue weighted by Crippen LogP contribution is -2.15. The molecule has 0 amide bonds. The van der Waals surface area contributed by atoms with E-state index in [0.717, 1.165) is 0 Å². The average molecular weight is 231 g/mol. The van der Waals surface area contributed by atoms with E-state index in [1.165, 1.54) is 13.3 Å². The van der Waals surface area contributed by atoms with Gasteiger partial charge < -0.3 is 9.84 Å². The molecule has 1 unspecified atom stereocenters. The van der Waals surface area contributed by atoms with Gasteiger partial charge in [-0.05, 0) is 24.1 Å². The minimum Gasteiger partial charge on any atom is -0.481 e. The van der Waals surface area contributed by atoms with Crippen molar-refractivity contribution in [3.63, 3.8) is 0 Å². The summed E-state index contributed by atoms with van der Waals surface area (Å²) in [5, 5.41) is 9.04. The third kappa shape index (κ3) is 3.45. The Morgan fingerprint density at radius 3 is 3.00 bits per heavy atom. The Balaban J connectivity index is 2.84. The molecule has 0 aliphatic heterocycles. The molecule has 0 aromatic carbocycles. The lowest BCUT2D eigenvalue weighted by molar-refractivity contribution is -0.139. The second-order valence-corrected chi connectivity index (χ2v) is 3.26. The summed E-state index contributed by atoms with van der Waals surface area (Å²) in [6, 6.07) is 1.54. The van der Waals surface area contributed by atoms with Crippen molar-refractivity contribution < 1.29 is 14.6 Å². The van der Waals surface area contributed by atoms with Crippen LogP contribution in [0.2, 0.25) is 5.28 Å². The van der Waals surface area contributed by atoms with Gasteiger partial charge in [-0.25, -0.2) is 9.97 Å². The number of carboxylic acid groups (broad SMARTS) is 1. The predicted octanol–water partition coefficient (Wildman–Crippen LogP) is 1.33. The van der Waals surface area contributed by atoms with Crippen molar-refractivity contribution in [3.05, 3.63) is 23.2 Å². The fourth-order valence-corrected chi connectivity index (χ4v) is 1.33. The highest BCUT2D eigenvalue weighted by Gasteiger charge is 2.21. The standard InChI is InChI=1S/C9H11ClN2O3/c1-15-5-3-6(8(13)14)7-2-4-11-9(10)12-7/h2,4,6H,3,5H2,1H3,(H,13,14). The summed E-state index contributed by atoms with van der Waals surface area (Å²) in [5.74, 6) is -1.65. The van der Waals surface area contributed by atoms with Crippen LogP contribution in [0.5, 0.6) is 0 Å². The molecule has 1 rings (SSSR count). The van der Waals surface area contributed by atoms with E-state index in [-0.39, 0.29) is 5.28 Å². The van der Waals surface area contributed by atoms with Crippen molar-refractivity contribution in [2.24, 2.45) is 0 Å². The summed E-state index contributed by atoms with van der Waals surface area (Å²) >= 11 is 5.58. The maximum absolute atomic E-state index is 11.0. The smallest absolute Gasteiger partial charge is 0.312 e. The molecule has 6 heteroatoms. The molecular weight excluding hydrogens is 220 g/mol. The van der Waals surface area contributed by atoms with Crippen LogP contribution >= 0.6 is 11.6 Å². The number of hydrogen-bond donors (Lipinski definition) is 1. The van der Waals surface area contributed by atoms with E-state index in [9.17, 15) is 4.79 Å². The van der Waals surface area contributed by atoms with E-state index in [1.54, 1.807) is 6.07 Å². The number of carbonyl (C=O) groups is 1. The molecule has 0 radical (unpaired) electrons. The molecule has 0 aliphatic carbocycles. The van der Waals surface area contributed by atoms with Crippen LogP contribution in [0.25, 0.3) is 0 Å². The SMILES string of the molecule is COCCC(C(=O)O)c1ccnc(Cl)n1. The van der Waals surface area contributed by atoms with Gasteiger partial charge in [-0.3, -0.25) is 4.79 Å². The van der Waals surface area contributed by atoms with Gasteiger partial charge in [0.2, 0.25) is 5.28 Å². The maximum Gasteiger partial charge on any atom is 0.312 e. The van der Waals surface area contributed by atoms with E-state index in [1.807, 2.05) is 0 Å². The highest BCUT2D eigenvalue weighted by Crippen LogP contribution is 2.18. The second-order valence-electron chi connectivity index (χ2n) is 2.92. The van der Waals surface area contributed by atoms with Gasteiger partial charge in [0.05, 0.1) is 5.69 Å². The fourth-order valence-electron chi connectivity index (χ4n) is 1.18. The Kier molecular flexibility index (Phi) is 4.45. The van der Waals surface area contributed by atoms with Crippen LogP contribution in [0.1, 0.15) is 18.0 Å². The van der Waals surface area contributed by atoms with E-state index in [0.29, 0.717) is 18.7 Å². The Bertz CT molecular complexity index is 346. The minimum absolute atomic E-state index is 0.0520. The zero-order chi connectivity index (χ0) is 11.3. The van der Waals surface area contributed by atoms with Gasteiger partial charge in [0.1, 0.15) is 5.92 Å². The van der Waals surface area contributed by atoms with Gasteiger partial charge in [0.25, 0.3) is 0 Å². The molecule has 0 bridgehead atoms.